The van der Waals surface area contributed by atoms with Gasteiger partial charge in [0.05, 0.1) is 0 Å². The molecule has 2 nitrogen and oxygen atoms in total. The van der Waals surface area contributed by atoms with Crippen LogP contribution in [0.5, 0.6) is 0 Å². The molecule has 0 aliphatic heterocycles. The van der Waals surface area contributed by atoms with Crippen molar-refractivity contribution in [3.8, 4) is 12.1 Å². The Morgan fingerprint density at radius 1 is 1.00 bits per heavy atom. The van der Waals surface area contributed by atoms with Crippen molar-refractivity contribution in [2.75, 3.05) is 0 Å². The Kier molecular flexibility index (Phi) is 100. The predicted octanol–water partition coefficient (Wildman–Crippen LogP) is -0.350. The summed E-state index contributed by atoms with van der Waals surface area (Å²) in [6, 6.07) is 2.47. The van der Waals surface area contributed by atoms with E-state index >= 15 is 0 Å². The molecule has 0 saturated carbocycles. The van der Waals surface area contributed by atoms with Gasteiger partial charge in [-0.25, -0.2) is 0 Å². The molecule has 0 saturated heterocycles. The van der Waals surface area contributed by atoms with Crippen LogP contribution in [0.15, 0.2) is 0 Å². The molecular weight excluding hydrogens is 263 g/mol. The Morgan fingerprint density at radius 3 is 1.14 bits per heavy atom. The maximum atomic E-state index is 7.26. The van der Waals surface area contributed by atoms with Crippen molar-refractivity contribution in [3.05, 3.63) is 0 Å². The van der Waals surface area contributed by atoms with Gasteiger partial charge in [0, 0.05) is 66.3 Å². The molecule has 0 unspecified atom stereocenters. The molecule has 0 heterocycles. The van der Waals surface area contributed by atoms with E-state index in [1.807, 2.05) is 0 Å². The molecule has 0 rings (SSSR count). The van der Waals surface area contributed by atoms with Crippen LogP contribution in [0, 0.1) is 63.5 Å². The third-order valence-corrected chi connectivity index (χ3v) is 0.0500. The zero-order valence-corrected chi connectivity index (χ0v) is 7.64. The minimum Gasteiger partial charge on any atom is -0.181 e. The molecule has 7 heavy (non-hydrogen) atoms. The van der Waals surface area contributed by atoms with Gasteiger partial charge in [-0.15, -0.1) is 0 Å². The van der Waals surface area contributed by atoms with E-state index in [-0.39, 0.29) is 66.3 Å². The fourth-order valence-electron chi connectivity index (χ4n) is 0. The van der Waals surface area contributed by atoms with E-state index in [1.54, 1.807) is 0 Å². The van der Waals surface area contributed by atoms with Crippen molar-refractivity contribution in [3.63, 3.8) is 0 Å². The molecular formula is C2BFeN2Nd. The number of nitriles is 2. The van der Waals surface area contributed by atoms with Crippen molar-refractivity contribution >= 4 is 8.41 Å². The van der Waals surface area contributed by atoms with E-state index in [0.717, 1.165) is 0 Å². The van der Waals surface area contributed by atoms with Crippen molar-refractivity contribution in [1.29, 1.82) is 10.5 Å². The molecule has 0 aliphatic rings. The van der Waals surface area contributed by atoms with E-state index in [4.69, 9.17) is 10.5 Å². The number of rotatable bonds is 0. The zero-order valence-electron chi connectivity index (χ0n) is 3.33. The average molecular weight is 263 g/mol. The maximum Gasteiger partial charge on any atom is 0.181 e. The first-order chi connectivity index (χ1) is 1.91. The van der Waals surface area contributed by atoms with Gasteiger partial charge in [0.2, 0.25) is 0 Å². The minimum absolute atomic E-state index is 0. The summed E-state index contributed by atoms with van der Waals surface area (Å²) in [7, 11) is 0. The molecule has 5 heteroatoms. The van der Waals surface area contributed by atoms with Gasteiger partial charge in [0.15, 0.2) is 12.1 Å². The smallest absolute Gasteiger partial charge is 0.181 e. The van der Waals surface area contributed by atoms with E-state index in [2.05, 4.69) is 0 Å². The van der Waals surface area contributed by atoms with Crippen molar-refractivity contribution in [1.82, 2.24) is 0 Å². The van der Waals surface area contributed by atoms with Crippen molar-refractivity contribution < 1.29 is 57.9 Å². The fourth-order valence-corrected chi connectivity index (χ4v) is 0. The monoisotopic (exact) mass is 261 g/mol. The first kappa shape index (κ1) is 24.7. The predicted molar refractivity (Wildman–Crippen MR) is 17.0 cm³/mol. The van der Waals surface area contributed by atoms with E-state index < -0.39 is 0 Å². The molecule has 0 atom stereocenters. The van der Waals surface area contributed by atoms with Crippen LogP contribution < -0.4 is 0 Å². The summed E-state index contributed by atoms with van der Waals surface area (Å²) in [5.41, 5.74) is 0. The summed E-state index contributed by atoms with van der Waals surface area (Å²) in [6.45, 7) is 0. The van der Waals surface area contributed by atoms with Gasteiger partial charge in [0.25, 0.3) is 0 Å². The Labute approximate surface area is 87.8 Å². The van der Waals surface area contributed by atoms with Crippen LogP contribution in [-0.2, 0) is 17.1 Å². The molecule has 0 aromatic heterocycles. The first-order valence-electron chi connectivity index (χ1n) is 0.697. The molecule has 33 valence electrons. The summed E-state index contributed by atoms with van der Waals surface area (Å²) < 4.78 is 0. The molecule has 0 N–H and O–H groups in total. The molecule has 0 bridgehead atoms. The van der Waals surface area contributed by atoms with Gasteiger partial charge in [-0.05, 0) is 0 Å². The number of nitrogens with zero attached hydrogens (tertiary/aromatic N) is 2. The quantitative estimate of drug-likeness (QED) is 0.561. The number of hydrogen-bond acceptors (Lipinski definition) is 2. The SMILES string of the molecule is N#CC#N.[B].[Fe].[Nd]. The fraction of sp³-hybridized carbons (Fsp3) is 0. The minimum atomic E-state index is 0. The summed E-state index contributed by atoms with van der Waals surface area (Å²) in [6.07, 6.45) is 0. The van der Waals surface area contributed by atoms with Crippen molar-refractivity contribution in [2.45, 2.75) is 0 Å². The van der Waals surface area contributed by atoms with E-state index in [9.17, 15) is 0 Å². The van der Waals surface area contributed by atoms with Crippen molar-refractivity contribution in [2.24, 2.45) is 0 Å². The molecule has 3 radical (unpaired) electrons. The largest absolute Gasteiger partial charge is 0.181 e. The standard InChI is InChI=1S/C2N2.B.Fe.Nd/c3-1-2-4;;;. The maximum absolute atomic E-state index is 7.26. The second-order valence-electron chi connectivity index (χ2n) is 0.224. The Balaban J connectivity index is -0.0000000150. The second-order valence-corrected chi connectivity index (χ2v) is 0.224. The summed E-state index contributed by atoms with van der Waals surface area (Å²) >= 11 is 0. The molecule has 0 aliphatic carbocycles. The molecule has 0 amide bonds. The molecule has 0 spiro atoms. The third-order valence-electron chi connectivity index (χ3n) is 0.0500. The average Bonchev–Trinajstić information content (AvgIpc) is 1.37. The van der Waals surface area contributed by atoms with Crippen LogP contribution in [0.3, 0.4) is 0 Å². The normalized spacial score (nSPS) is 1.43. The topological polar surface area (TPSA) is 47.6 Å². The summed E-state index contributed by atoms with van der Waals surface area (Å²) in [5.74, 6) is 0. The van der Waals surface area contributed by atoms with Crippen LogP contribution in [0.2, 0.25) is 0 Å². The van der Waals surface area contributed by atoms with Crippen LogP contribution >= 0.6 is 0 Å². The van der Waals surface area contributed by atoms with Crippen LogP contribution in [-0.4, -0.2) is 8.41 Å². The Morgan fingerprint density at radius 2 is 1.14 bits per heavy atom. The zero-order chi connectivity index (χ0) is 3.41. The first-order valence-corrected chi connectivity index (χ1v) is 0.697. The van der Waals surface area contributed by atoms with Crippen LogP contribution in [0.25, 0.3) is 0 Å². The molecule has 0 aromatic carbocycles. The Hall–Kier alpha value is 0.915. The van der Waals surface area contributed by atoms with Gasteiger partial charge in [-0.1, -0.05) is 0 Å². The van der Waals surface area contributed by atoms with Gasteiger partial charge < -0.3 is 0 Å². The third kappa shape index (κ3) is 45.5. The van der Waals surface area contributed by atoms with E-state index in [0.29, 0.717) is 0 Å². The Bertz CT molecular complexity index is 70.7. The van der Waals surface area contributed by atoms with Gasteiger partial charge >= 0.3 is 0 Å². The van der Waals surface area contributed by atoms with Crippen LogP contribution in [0.4, 0.5) is 0 Å². The molecule has 0 aromatic rings. The van der Waals surface area contributed by atoms with Gasteiger partial charge in [-0.2, -0.15) is 10.5 Å². The summed E-state index contributed by atoms with van der Waals surface area (Å²) in [5, 5.41) is 14.5. The summed E-state index contributed by atoms with van der Waals surface area (Å²) in [4.78, 5) is 0. The number of hydrogen-bond donors (Lipinski definition) is 0. The van der Waals surface area contributed by atoms with Gasteiger partial charge in [0.1, 0.15) is 0 Å². The van der Waals surface area contributed by atoms with E-state index in [1.165, 1.54) is 12.1 Å². The van der Waals surface area contributed by atoms with Gasteiger partial charge in [-0.3, -0.25) is 0 Å². The van der Waals surface area contributed by atoms with Crippen LogP contribution in [0.1, 0.15) is 0 Å². The second kappa shape index (κ2) is 28.5. The molecule has 0 fully saturated rings.